The molecule has 0 bridgehead atoms. The van der Waals surface area contributed by atoms with Crippen LogP contribution in [0.5, 0.6) is 0 Å². The van der Waals surface area contributed by atoms with Crippen molar-refractivity contribution in [2.75, 3.05) is 6.54 Å². The summed E-state index contributed by atoms with van der Waals surface area (Å²) in [6.07, 6.45) is 4.49. The molecule has 4 N–H and O–H groups in total. The first-order valence-corrected chi connectivity index (χ1v) is 6.09. The zero-order chi connectivity index (χ0) is 12.8. The van der Waals surface area contributed by atoms with Crippen LogP contribution in [0.15, 0.2) is 0 Å². The maximum absolute atomic E-state index is 11.8. The summed E-state index contributed by atoms with van der Waals surface area (Å²) < 4.78 is 0. The number of nitrogens with one attached hydrogen (secondary N) is 1. The fourth-order valence-corrected chi connectivity index (χ4v) is 1.97. The van der Waals surface area contributed by atoms with Crippen molar-refractivity contribution in [3.63, 3.8) is 0 Å². The van der Waals surface area contributed by atoms with Crippen LogP contribution < -0.4 is 11.2 Å². The average Bonchev–Trinajstić information content (AvgIpc) is 2.40. The molecule has 98 valence electrons. The third-order valence-electron chi connectivity index (χ3n) is 2.95. The van der Waals surface area contributed by atoms with E-state index in [0.29, 0.717) is 6.42 Å². The van der Waals surface area contributed by atoms with E-state index < -0.39 is 12.0 Å². The maximum Gasteiger partial charge on any atom is 0.324 e. The zero-order valence-corrected chi connectivity index (χ0v) is 10.2. The van der Waals surface area contributed by atoms with E-state index in [9.17, 15) is 9.59 Å². The van der Waals surface area contributed by atoms with Crippen LogP contribution in [0.2, 0.25) is 0 Å². The quantitative estimate of drug-likeness (QED) is 0.635. The highest BCUT2D eigenvalue weighted by molar-refractivity contribution is 5.84. The molecule has 1 amide bonds. The molecule has 1 rings (SSSR count). The van der Waals surface area contributed by atoms with Crippen molar-refractivity contribution in [2.24, 2.45) is 5.73 Å². The van der Waals surface area contributed by atoms with Gasteiger partial charge in [-0.25, -0.2) is 5.43 Å². The number of carbonyl (C=O) groups is 2. The normalized spacial score (nSPS) is 25.8. The van der Waals surface area contributed by atoms with Gasteiger partial charge in [0.2, 0.25) is 0 Å². The van der Waals surface area contributed by atoms with Crippen molar-refractivity contribution < 1.29 is 14.7 Å². The highest BCUT2D eigenvalue weighted by Crippen LogP contribution is 2.13. The van der Waals surface area contributed by atoms with Crippen molar-refractivity contribution in [3.05, 3.63) is 0 Å². The summed E-state index contributed by atoms with van der Waals surface area (Å²) in [6, 6.07) is -0.444. The van der Waals surface area contributed by atoms with Gasteiger partial charge in [-0.2, -0.15) is 0 Å². The fourth-order valence-electron chi connectivity index (χ4n) is 1.97. The van der Waals surface area contributed by atoms with Gasteiger partial charge >= 0.3 is 5.97 Å². The molecule has 17 heavy (non-hydrogen) atoms. The predicted molar refractivity (Wildman–Crippen MR) is 63.0 cm³/mol. The molecule has 0 aromatic rings. The van der Waals surface area contributed by atoms with E-state index in [1.54, 1.807) is 0 Å². The molecule has 1 aliphatic heterocycles. The van der Waals surface area contributed by atoms with Crippen molar-refractivity contribution in [3.8, 4) is 0 Å². The van der Waals surface area contributed by atoms with Crippen LogP contribution >= 0.6 is 0 Å². The first-order chi connectivity index (χ1) is 8.04. The van der Waals surface area contributed by atoms with Gasteiger partial charge in [0.05, 0.1) is 6.04 Å². The van der Waals surface area contributed by atoms with Gasteiger partial charge in [-0.05, 0) is 19.3 Å². The van der Waals surface area contributed by atoms with Gasteiger partial charge in [0.1, 0.15) is 6.54 Å². The van der Waals surface area contributed by atoms with Gasteiger partial charge in [-0.3, -0.25) is 14.6 Å². The number of aliphatic carboxylic acids is 1. The Kier molecular flexibility index (Phi) is 5.37. The van der Waals surface area contributed by atoms with Crippen LogP contribution in [0, 0.1) is 0 Å². The second-order valence-corrected chi connectivity index (χ2v) is 4.47. The summed E-state index contributed by atoms with van der Waals surface area (Å²) >= 11 is 0. The molecule has 1 aliphatic rings. The number of rotatable bonds is 5. The minimum absolute atomic E-state index is 0.145. The van der Waals surface area contributed by atoms with Crippen LogP contribution in [0.4, 0.5) is 0 Å². The number of hydrogen-bond donors (Lipinski definition) is 3. The lowest BCUT2D eigenvalue weighted by Crippen LogP contribution is -2.52. The summed E-state index contributed by atoms with van der Waals surface area (Å²) in [7, 11) is 0. The average molecular weight is 243 g/mol. The Morgan fingerprint density at radius 1 is 1.59 bits per heavy atom. The number of carbonyl (C=O) groups excluding carboxylic acids is 1. The number of nitrogens with zero attached hydrogens (tertiary/aromatic N) is 1. The first kappa shape index (κ1) is 13.9. The van der Waals surface area contributed by atoms with Gasteiger partial charge in [0.15, 0.2) is 0 Å². The Balaban J connectivity index is 2.63. The molecule has 6 nitrogen and oxygen atoms in total. The van der Waals surface area contributed by atoms with E-state index in [2.05, 4.69) is 12.3 Å². The SMILES string of the molecule is CCCC[C@H]1CCC(N)C(=O)N(CC(=O)O)N1. The van der Waals surface area contributed by atoms with Crippen LogP contribution in [0.1, 0.15) is 39.0 Å². The third kappa shape index (κ3) is 4.32. The Morgan fingerprint density at radius 3 is 2.88 bits per heavy atom. The van der Waals surface area contributed by atoms with Crippen LogP contribution in [-0.4, -0.2) is 40.6 Å². The molecular weight excluding hydrogens is 222 g/mol. The standard InChI is InChI=1S/C11H21N3O3/c1-2-3-4-8-5-6-9(12)11(17)14(13-8)7-10(15)16/h8-9,13H,2-7,12H2,1H3,(H,15,16)/t8-,9?/m0/s1. The van der Waals surface area contributed by atoms with Crippen LogP contribution in [-0.2, 0) is 9.59 Å². The molecule has 0 aromatic carbocycles. The second-order valence-electron chi connectivity index (χ2n) is 4.47. The van der Waals surface area contributed by atoms with Crippen molar-refractivity contribution in [1.29, 1.82) is 0 Å². The number of carboxylic acid groups (broad SMARTS) is 1. The minimum atomic E-state index is -1.03. The van der Waals surface area contributed by atoms with E-state index in [0.717, 1.165) is 30.7 Å². The van der Waals surface area contributed by atoms with Gasteiger partial charge in [-0.1, -0.05) is 19.8 Å². The molecule has 0 spiro atoms. The summed E-state index contributed by atoms with van der Waals surface area (Å²) in [6.45, 7) is 1.76. The van der Waals surface area contributed by atoms with Crippen molar-refractivity contribution >= 4 is 11.9 Å². The lowest BCUT2D eigenvalue weighted by molar-refractivity contribution is -0.147. The number of amides is 1. The number of unbranched alkanes of at least 4 members (excludes halogenated alkanes) is 1. The highest BCUT2D eigenvalue weighted by Gasteiger charge is 2.29. The number of nitrogens with two attached hydrogens (primary N) is 1. The fraction of sp³-hybridized carbons (Fsp3) is 0.818. The monoisotopic (exact) mass is 243 g/mol. The predicted octanol–water partition coefficient (Wildman–Crippen LogP) is 0.0841. The van der Waals surface area contributed by atoms with Gasteiger partial charge in [-0.15, -0.1) is 0 Å². The van der Waals surface area contributed by atoms with Crippen molar-refractivity contribution in [2.45, 2.75) is 51.1 Å². The topological polar surface area (TPSA) is 95.7 Å². The molecule has 1 unspecified atom stereocenters. The van der Waals surface area contributed by atoms with Crippen molar-refractivity contribution in [1.82, 2.24) is 10.4 Å². The molecule has 1 saturated heterocycles. The molecule has 1 fully saturated rings. The molecule has 6 heteroatoms. The van der Waals surface area contributed by atoms with E-state index >= 15 is 0 Å². The van der Waals surface area contributed by atoms with Gasteiger partial charge < -0.3 is 10.8 Å². The van der Waals surface area contributed by atoms with Crippen LogP contribution in [0.25, 0.3) is 0 Å². The molecule has 0 aromatic heterocycles. The molecule has 0 aliphatic carbocycles. The summed E-state index contributed by atoms with van der Waals surface area (Å²) in [4.78, 5) is 22.5. The first-order valence-electron chi connectivity index (χ1n) is 6.09. The van der Waals surface area contributed by atoms with Crippen LogP contribution in [0.3, 0.4) is 0 Å². The lowest BCUT2D eigenvalue weighted by atomic mass is 10.0. The van der Waals surface area contributed by atoms with Gasteiger partial charge in [0.25, 0.3) is 5.91 Å². The Bertz CT molecular complexity index is 283. The smallest absolute Gasteiger partial charge is 0.324 e. The highest BCUT2D eigenvalue weighted by atomic mass is 16.4. The molecule has 0 saturated carbocycles. The Hall–Kier alpha value is -1.14. The number of hydrazine groups is 1. The number of carboxylic acids is 1. The number of hydrogen-bond acceptors (Lipinski definition) is 4. The van der Waals surface area contributed by atoms with Gasteiger partial charge in [0, 0.05) is 6.04 Å². The maximum atomic E-state index is 11.8. The second kappa shape index (κ2) is 6.56. The molecule has 0 radical (unpaired) electrons. The lowest BCUT2D eigenvalue weighted by Gasteiger charge is -2.25. The Labute approximate surface area is 101 Å². The molecule has 1 heterocycles. The van der Waals surface area contributed by atoms with E-state index in [1.165, 1.54) is 0 Å². The summed E-state index contributed by atoms with van der Waals surface area (Å²) in [5, 5.41) is 9.90. The van der Waals surface area contributed by atoms with E-state index in [-0.39, 0.29) is 18.5 Å². The van der Waals surface area contributed by atoms with E-state index in [1.807, 2.05) is 0 Å². The zero-order valence-electron chi connectivity index (χ0n) is 10.2. The Morgan fingerprint density at radius 2 is 2.29 bits per heavy atom. The van der Waals surface area contributed by atoms with E-state index in [4.69, 9.17) is 10.8 Å². The third-order valence-corrected chi connectivity index (χ3v) is 2.95. The minimum Gasteiger partial charge on any atom is -0.480 e. The largest absolute Gasteiger partial charge is 0.480 e. The summed E-state index contributed by atoms with van der Waals surface area (Å²) in [5.74, 6) is -1.36. The summed E-state index contributed by atoms with van der Waals surface area (Å²) in [5.41, 5.74) is 8.70. The molecular formula is C11H21N3O3. The molecule has 2 atom stereocenters.